The van der Waals surface area contributed by atoms with E-state index < -0.39 is 0 Å². The first-order valence-electron chi connectivity index (χ1n) is 9.73. The second kappa shape index (κ2) is 9.75. The molecule has 1 aromatic heterocycles. The summed E-state index contributed by atoms with van der Waals surface area (Å²) in [6, 6.07) is 16.6. The smallest absolute Gasteiger partial charge is 0.324 e. The second-order valence-corrected chi connectivity index (χ2v) is 6.72. The number of rotatable bonds is 8. The van der Waals surface area contributed by atoms with E-state index in [4.69, 9.17) is 15.6 Å². The fraction of sp³-hybridized carbons (Fsp3) is 0.273. The monoisotopic (exact) mass is 393 g/mol. The van der Waals surface area contributed by atoms with Crippen molar-refractivity contribution in [2.45, 2.75) is 32.7 Å². The molecule has 2 aromatic carbocycles. The highest BCUT2D eigenvalue weighted by molar-refractivity contribution is 5.99. The number of benzene rings is 2. The largest absolute Gasteiger partial charge is 0.497 e. The number of urea groups is 1. The van der Waals surface area contributed by atoms with E-state index in [0.717, 1.165) is 36.2 Å². The molecule has 2 amide bonds. The van der Waals surface area contributed by atoms with Gasteiger partial charge in [-0.15, -0.1) is 0 Å². The Bertz CT molecular complexity index is 967. The molecule has 3 aromatic rings. The van der Waals surface area contributed by atoms with Crippen LogP contribution in [0, 0.1) is 0 Å². The van der Waals surface area contributed by atoms with Crippen molar-refractivity contribution >= 4 is 17.5 Å². The molecule has 0 saturated heterocycles. The first-order valence-corrected chi connectivity index (χ1v) is 9.73. The molecule has 0 aliphatic carbocycles. The van der Waals surface area contributed by atoms with Gasteiger partial charge in [-0.1, -0.05) is 31.5 Å². The predicted molar refractivity (Wildman–Crippen MR) is 116 cm³/mol. The minimum Gasteiger partial charge on any atom is -0.497 e. The molecule has 152 valence electrons. The molecule has 1 heterocycles. The molecule has 7 heteroatoms. The van der Waals surface area contributed by atoms with Gasteiger partial charge >= 0.3 is 6.03 Å². The summed E-state index contributed by atoms with van der Waals surface area (Å²) in [6.07, 6.45) is 2.97. The van der Waals surface area contributed by atoms with Gasteiger partial charge in [0.25, 0.3) is 0 Å². The summed E-state index contributed by atoms with van der Waals surface area (Å²) in [5, 5.41) is 10.4. The normalized spacial score (nSPS) is 10.6. The summed E-state index contributed by atoms with van der Waals surface area (Å²) in [4.78, 5) is 12.6. The zero-order valence-corrected chi connectivity index (χ0v) is 16.8. The third-order valence-corrected chi connectivity index (χ3v) is 4.51. The lowest BCUT2D eigenvalue weighted by atomic mass is 10.2. The van der Waals surface area contributed by atoms with E-state index in [-0.39, 0.29) is 6.03 Å². The average molecular weight is 393 g/mol. The van der Waals surface area contributed by atoms with Crippen LogP contribution in [0.1, 0.15) is 31.0 Å². The number of nitrogens with one attached hydrogen (secondary N) is 2. The standard InChI is InChI=1S/C22H27N5O2/c1-3-4-8-18-14-21(27(26-18)19-10-5-7-16(12-19)15-23)25-22(28)24-17-9-6-11-20(13-17)29-2/h5-7,9-14H,3-4,8,15,23H2,1-2H3,(H2,24,25,28). The Morgan fingerprint density at radius 2 is 1.97 bits per heavy atom. The quantitative estimate of drug-likeness (QED) is 0.531. The fourth-order valence-electron chi connectivity index (χ4n) is 2.99. The number of amides is 2. The third-order valence-electron chi connectivity index (χ3n) is 4.51. The van der Waals surface area contributed by atoms with Crippen molar-refractivity contribution in [2.75, 3.05) is 17.7 Å². The molecule has 0 radical (unpaired) electrons. The van der Waals surface area contributed by atoms with Gasteiger partial charge in [0, 0.05) is 24.4 Å². The van der Waals surface area contributed by atoms with Gasteiger partial charge in [-0.2, -0.15) is 5.10 Å². The number of aryl methyl sites for hydroxylation is 1. The SMILES string of the molecule is CCCCc1cc(NC(=O)Nc2cccc(OC)c2)n(-c2cccc(CN)c2)n1. The number of hydrogen-bond acceptors (Lipinski definition) is 4. The zero-order valence-electron chi connectivity index (χ0n) is 16.8. The Morgan fingerprint density at radius 3 is 2.72 bits per heavy atom. The number of nitrogens with zero attached hydrogens (tertiary/aromatic N) is 2. The fourth-order valence-corrected chi connectivity index (χ4v) is 2.99. The Kier molecular flexibility index (Phi) is 6.86. The molecule has 0 unspecified atom stereocenters. The van der Waals surface area contributed by atoms with Crippen LogP contribution in [-0.2, 0) is 13.0 Å². The number of carbonyl (C=O) groups is 1. The molecule has 3 rings (SSSR count). The van der Waals surface area contributed by atoms with Gasteiger partial charge in [0.1, 0.15) is 11.6 Å². The van der Waals surface area contributed by atoms with Crippen LogP contribution in [0.4, 0.5) is 16.3 Å². The van der Waals surface area contributed by atoms with Gasteiger partial charge in [0.05, 0.1) is 18.5 Å². The molecule has 7 nitrogen and oxygen atoms in total. The number of nitrogens with two attached hydrogens (primary N) is 1. The maximum atomic E-state index is 12.6. The number of anilines is 2. The van der Waals surface area contributed by atoms with Gasteiger partial charge in [0.15, 0.2) is 0 Å². The average Bonchev–Trinajstić information content (AvgIpc) is 3.14. The Labute approximate surface area is 170 Å². The van der Waals surface area contributed by atoms with E-state index in [1.54, 1.807) is 23.9 Å². The molecule has 4 N–H and O–H groups in total. The van der Waals surface area contributed by atoms with E-state index in [9.17, 15) is 4.79 Å². The van der Waals surface area contributed by atoms with Crippen molar-refractivity contribution in [1.82, 2.24) is 9.78 Å². The number of hydrogen-bond donors (Lipinski definition) is 3. The van der Waals surface area contributed by atoms with Crippen LogP contribution in [0.3, 0.4) is 0 Å². The molecule has 29 heavy (non-hydrogen) atoms. The summed E-state index contributed by atoms with van der Waals surface area (Å²) in [5.74, 6) is 1.28. The van der Waals surface area contributed by atoms with Crippen LogP contribution >= 0.6 is 0 Å². The zero-order chi connectivity index (χ0) is 20.6. The molecule has 0 atom stereocenters. The lowest BCUT2D eigenvalue weighted by molar-refractivity contribution is 0.262. The Morgan fingerprint density at radius 1 is 1.14 bits per heavy atom. The molecule has 0 saturated carbocycles. The lowest BCUT2D eigenvalue weighted by Gasteiger charge is -2.11. The highest BCUT2D eigenvalue weighted by Gasteiger charge is 2.13. The molecular formula is C22H27N5O2. The minimum absolute atomic E-state index is 0.351. The van der Waals surface area contributed by atoms with E-state index in [2.05, 4.69) is 17.6 Å². The van der Waals surface area contributed by atoms with Crippen molar-refractivity contribution in [2.24, 2.45) is 5.73 Å². The summed E-state index contributed by atoms with van der Waals surface area (Å²) >= 11 is 0. The topological polar surface area (TPSA) is 94.2 Å². The van der Waals surface area contributed by atoms with Crippen molar-refractivity contribution in [3.8, 4) is 11.4 Å². The van der Waals surface area contributed by atoms with Crippen LogP contribution < -0.4 is 21.1 Å². The molecular weight excluding hydrogens is 366 g/mol. The Hall–Kier alpha value is -3.32. The van der Waals surface area contributed by atoms with E-state index in [0.29, 0.717) is 23.8 Å². The summed E-state index contributed by atoms with van der Waals surface area (Å²) in [5.41, 5.74) is 9.21. The van der Waals surface area contributed by atoms with Crippen LogP contribution in [0.25, 0.3) is 5.69 Å². The first kappa shape index (κ1) is 20.4. The maximum Gasteiger partial charge on any atom is 0.324 e. The Balaban J connectivity index is 1.84. The van der Waals surface area contributed by atoms with Crippen molar-refractivity contribution in [3.63, 3.8) is 0 Å². The molecule has 0 spiro atoms. The number of aromatic nitrogens is 2. The van der Waals surface area contributed by atoms with Crippen LogP contribution in [-0.4, -0.2) is 22.9 Å². The number of ether oxygens (including phenoxy) is 1. The number of unbranched alkanes of at least 4 members (excludes halogenated alkanes) is 1. The number of carbonyl (C=O) groups excluding carboxylic acids is 1. The first-order chi connectivity index (χ1) is 14.1. The maximum absolute atomic E-state index is 12.6. The van der Waals surface area contributed by atoms with Crippen LogP contribution in [0.15, 0.2) is 54.6 Å². The van der Waals surface area contributed by atoms with Crippen LogP contribution in [0.5, 0.6) is 5.75 Å². The summed E-state index contributed by atoms with van der Waals surface area (Å²) < 4.78 is 6.94. The van der Waals surface area contributed by atoms with Crippen molar-refractivity contribution < 1.29 is 9.53 Å². The van der Waals surface area contributed by atoms with Gasteiger partial charge in [-0.3, -0.25) is 5.32 Å². The second-order valence-electron chi connectivity index (χ2n) is 6.72. The summed E-state index contributed by atoms with van der Waals surface area (Å²) in [7, 11) is 1.59. The number of methoxy groups -OCH3 is 1. The highest BCUT2D eigenvalue weighted by atomic mass is 16.5. The molecule has 0 aliphatic heterocycles. The van der Waals surface area contributed by atoms with E-state index in [1.165, 1.54) is 0 Å². The van der Waals surface area contributed by atoms with E-state index in [1.807, 2.05) is 42.5 Å². The van der Waals surface area contributed by atoms with Gasteiger partial charge in [-0.25, -0.2) is 9.48 Å². The molecule has 0 aliphatic rings. The lowest BCUT2D eigenvalue weighted by Crippen LogP contribution is -2.21. The van der Waals surface area contributed by atoms with Gasteiger partial charge in [-0.05, 0) is 42.7 Å². The van der Waals surface area contributed by atoms with E-state index >= 15 is 0 Å². The van der Waals surface area contributed by atoms with Crippen molar-refractivity contribution in [1.29, 1.82) is 0 Å². The van der Waals surface area contributed by atoms with Crippen LogP contribution in [0.2, 0.25) is 0 Å². The van der Waals surface area contributed by atoms with Gasteiger partial charge in [0.2, 0.25) is 0 Å². The highest BCUT2D eigenvalue weighted by Crippen LogP contribution is 2.21. The third kappa shape index (κ3) is 5.36. The molecule has 0 bridgehead atoms. The molecule has 0 fully saturated rings. The predicted octanol–water partition coefficient (Wildman–Crippen LogP) is 4.33. The minimum atomic E-state index is -0.351. The van der Waals surface area contributed by atoms with Gasteiger partial charge < -0.3 is 15.8 Å². The summed E-state index contributed by atoms with van der Waals surface area (Å²) in [6.45, 7) is 2.58. The van der Waals surface area contributed by atoms with Crippen molar-refractivity contribution in [3.05, 3.63) is 65.9 Å².